The van der Waals surface area contributed by atoms with Crippen molar-refractivity contribution in [3.05, 3.63) is 0 Å². The predicted octanol–water partition coefficient (Wildman–Crippen LogP) is 0.690. The van der Waals surface area contributed by atoms with Gasteiger partial charge in [-0.15, -0.1) is 0 Å². The van der Waals surface area contributed by atoms with Crippen molar-refractivity contribution in [1.82, 2.24) is 4.90 Å². The highest BCUT2D eigenvalue weighted by molar-refractivity contribution is 4.96. The lowest BCUT2D eigenvalue weighted by Crippen LogP contribution is -2.37. The number of hydrogen-bond acceptors (Lipinski definition) is 3. The molecule has 0 radical (unpaired) electrons. The summed E-state index contributed by atoms with van der Waals surface area (Å²) in [6.07, 6.45) is 2.57. The Morgan fingerprint density at radius 2 is 2.21 bits per heavy atom. The van der Waals surface area contributed by atoms with Gasteiger partial charge in [0.05, 0.1) is 6.61 Å². The second-order valence-electron chi connectivity index (χ2n) is 4.92. The molecule has 1 saturated heterocycles. The summed E-state index contributed by atoms with van der Waals surface area (Å²) in [7, 11) is 1.78. The minimum Gasteiger partial charge on any atom is -0.383 e. The molecule has 1 saturated carbocycles. The first-order chi connectivity index (χ1) is 6.72. The number of fused-ring (bicyclic) bond motifs is 1. The maximum Gasteiger partial charge on any atom is 0.0615 e. The fraction of sp³-hybridized carbons (Fsp3) is 1.00. The van der Waals surface area contributed by atoms with Crippen LogP contribution in [0.4, 0.5) is 0 Å². The first-order valence-electron chi connectivity index (χ1n) is 5.71. The SMILES string of the molecule is COCC(C)N1CC2CCC(N)C2C1. The quantitative estimate of drug-likeness (QED) is 0.725. The Morgan fingerprint density at radius 3 is 2.86 bits per heavy atom. The zero-order chi connectivity index (χ0) is 10.1. The van der Waals surface area contributed by atoms with Gasteiger partial charge in [0.25, 0.3) is 0 Å². The van der Waals surface area contributed by atoms with E-state index in [1.54, 1.807) is 7.11 Å². The summed E-state index contributed by atoms with van der Waals surface area (Å²) >= 11 is 0. The Labute approximate surface area is 86.6 Å². The molecule has 0 bridgehead atoms. The second kappa shape index (κ2) is 4.17. The monoisotopic (exact) mass is 198 g/mol. The zero-order valence-corrected chi connectivity index (χ0v) is 9.28. The Bertz CT molecular complexity index is 198. The number of hydrogen-bond donors (Lipinski definition) is 1. The lowest BCUT2D eigenvalue weighted by Gasteiger charge is -2.24. The van der Waals surface area contributed by atoms with E-state index in [4.69, 9.17) is 10.5 Å². The van der Waals surface area contributed by atoms with E-state index in [2.05, 4.69) is 11.8 Å². The van der Waals surface area contributed by atoms with Crippen molar-refractivity contribution >= 4 is 0 Å². The molecule has 2 N–H and O–H groups in total. The van der Waals surface area contributed by atoms with Crippen LogP contribution in [0.2, 0.25) is 0 Å². The van der Waals surface area contributed by atoms with Crippen LogP contribution in [0, 0.1) is 11.8 Å². The van der Waals surface area contributed by atoms with Gasteiger partial charge >= 0.3 is 0 Å². The molecule has 4 atom stereocenters. The normalized spacial score (nSPS) is 40.1. The zero-order valence-electron chi connectivity index (χ0n) is 9.28. The lowest BCUT2D eigenvalue weighted by atomic mass is 9.98. The van der Waals surface area contributed by atoms with E-state index in [1.165, 1.54) is 25.9 Å². The number of likely N-dealkylation sites (tertiary alicyclic amines) is 1. The first-order valence-corrected chi connectivity index (χ1v) is 5.71. The third-order valence-electron chi connectivity index (χ3n) is 3.97. The van der Waals surface area contributed by atoms with Gasteiger partial charge in [0.1, 0.15) is 0 Å². The van der Waals surface area contributed by atoms with Crippen LogP contribution in [0.3, 0.4) is 0 Å². The van der Waals surface area contributed by atoms with Gasteiger partial charge in [-0.2, -0.15) is 0 Å². The molecule has 2 fully saturated rings. The van der Waals surface area contributed by atoms with Crippen molar-refractivity contribution in [3.63, 3.8) is 0 Å². The van der Waals surface area contributed by atoms with E-state index in [0.717, 1.165) is 18.4 Å². The molecule has 14 heavy (non-hydrogen) atoms. The van der Waals surface area contributed by atoms with Gasteiger partial charge in [-0.3, -0.25) is 4.90 Å². The van der Waals surface area contributed by atoms with Crippen LogP contribution in [-0.2, 0) is 4.74 Å². The molecular weight excluding hydrogens is 176 g/mol. The molecule has 4 unspecified atom stereocenters. The number of methoxy groups -OCH3 is 1. The van der Waals surface area contributed by atoms with Gasteiger partial charge < -0.3 is 10.5 Å². The van der Waals surface area contributed by atoms with E-state index < -0.39 is 0 Å². The highest BCUT2D eigenvalue weighted by Crippen LogP contribution is 2.37. The molecule has 2 aliphatic rings. The van der Waals surface area contributed by atoms with E-state index in [0.29, 0.717) is 12.1 Å². The predicted molar refractivity (Wildman–Crippen MR) is 57.1 cm³/mol. The van der Waals surface area contributed by atoms with Gasteiger partial charge in [-0.05, 0) is 31.6 Å². The van der Waals surface area contributed by atoms with E-state index in [9.17, 15) is 0 Å². The fourth-order valence-corrected chi connectivity index (χ4v) is 3.05. The third kappa shape index (κ3) is 1.81. The molecule has 0 aromatic rings. The summed E-state index contributed by atoms with van der Waals surface area (Å²) in [5.74, 6) is 1.62. The molecule has 0 amide bonds. The molecule has 0 spiro atoms. The average molecular weight is 198 g/mol. The van der Waals surface area contributed by atoms with Gasteiger partial charge in [0.15, 0.2) is 0 Å². The molecular formula is C11H22N2O. The maximum absolute atomic E-state index is 6.10. The number of rotatable bonds is 3. The van der Waals surface area contributed by atoms with Crippen LogP contribution in [0.15, 0.2) is 0 Å². The lowest BCUT2D eigenvalue weighted by molar-refractivity contribution is 0.109. The van der Waals surface area contributed by atoms with Crippen LogP contribution in [-0.4, -0.2) is 43.8 Å². The van der Waals surface area contributed by atoms with Crippen molar-refractivity contribution in [2.24, 2.45) is 17.6 Å². The van der Waals surface area contributed by atoms with Crippen LogP contribution >= 0.6 is 0 Å². The summed E-state index contributed by atoms with van der Waals surface area (Å²) in [4.78, 5) is 2.54. The largest absolute Gasteiger partial charge is 0.383 e. The topological polar surface area (TPSA) is 38.5 Å². The molecule has 2 rings (SSSR count). The second-order valence-corrected chi connectivity index (χ2v) is 4.92. The standard InChI is InChI=1S/C11H22N2O/c1-8(7-14-2)13-5-9-3-4-11(12)10(9)6-13/h8-11H,3-7,12H2,1-2H3. The Morgan fingerprint density at radius 1 is 1.43 bits per heavy atom. The van der Waals surface area contributed by atoms with Crippen molar-refractivity contribution in [1.29, 1.82) is 0 Å². The summed E-state index contributed by atoms with van der Waals surface area (Å²) in [5.41, 5.74) is 6.10. The molecule has 1 aliphatic heterocycles. The number of nitrogens with two attached hydrogens (primary N) is 1. The summed E-state index contributed by atoms with van der Waals surface area (Å²) in [5, 5.41) is 0. The molecule has 3 heteroatoms. The smallest absolute Gasteiger partial charge is 0.0615 e. The number of ether oxygens (including phenoxy) is 1. The van der Waals surface area contributed by atoms with Gasteiger partial charge in [-0.25, -0.2) is 0 Å². The minimum atomic E-state index is 0.458. The third-order valence-corrected chi connectivity index (χ3v) is 3.97. The van der Waals surface area contributed by atoms with Crippen LogP contribution in [0.1, 0.15) is 19.8 Å². The Kier molecular flexibility index (Phi) is 3.10. The number of nitrogens with zero attached hydrogens (tertiary/aromatic N) is 1. The van der Waals surface area contributed by atoms with Crippen LogP contribution in [0.5, 0.6) is 0 Å². The van der Waals surface area contributed by atoms with E-state index in [-0.39, 0.29) is 0 Å². The Balaban J connectivity index is 1.88. The van der Waals surface area contributed by atoms with E-state index in [1.807, 2.05) is 0 Å². The summed E-state index contributed by atoms with van der Waals surface area (Å²) < 4.78 is 5.19. The first kappa shape index (κ1) is 10.4. The highest BCUT2D eigenvalue weighted by atomic mass is 16.5. The highest BCUT2D eigenvalue weighted by Gasteiger charge is 2.41. The van der Waals surface area contributed by atoms with Gasteiger partial charge in [-0.1, -0.05) is 0 Å². The molecule has 3 nitrogen and oxygen atoms in total. The fourth-order valence-electron chi connectivity index (χ4n) is 3.05. The van der Waals surface area contributed by atoms with Crippen molar-refractivity contribution in [3.8, 4) is 0 Å². The maximum atomic E-state index is 6.10. The summed E-state index contributed by atoms with van der Waals surface area (Å²) in [6, 6.07) is 1.01. The molecule has 1 aliphatic carbocycles. The van der Waals surface area contributed by atoms with E-state index >= 15 is 0 Å². The molecule has 0 aromatic carbocycles. The van der Waals surface area contributed by atoms with Crippen molar-refractivity contribution < 1.29 is 4.74 Å². The Hall–Kier alpha value is -0.120. The molecule has 1 heterocycles. The van der Waals surface area contributed by atoms with Crippen molar-refractivity contribution in [2.75, 3.05) is 26.8 Å². The van der Waals surface area contributed by atoms with Gasteiger partial charge in [0, 0.05) is 32.3 Å². The average Bonchev–Trinajstić information content (AvgIpc) is 2.69. The minimum absolute atomic E-state index is 0.458. The van der Waals surface area contributed by atoms with Crippen LogP contribution < -0.4 is 5.73 Å². The summed E-state index contributed by atoms with van der Waals surface area (Å²) in [6.45, 7) is 5.52. The van der Waals surface area contributed by atoms with Crippen LogP contribution in [0.25, 0.3) is 0 Å². The van der Waals surface area contributed by atoms with Crippen molar-refractivity contribution in [2.45, 2.75) is 31.8 Å². The molecule has 82 valence electrons. The molecule has 0 aromatic heterocycles. The van der Waals surface area contributed by atoms with Gasteiger partial charge in [0.2, 0.25) is 0 Å².